The van der Waals surface area contributed by atoms with Crippen molar-refractivity contribution in [2.75, 3.05) is 19.8 Å². The van der Waals surface area contributed by atoms with Crippen molar-refractivity contribution in [3.63, 3.8) is 0 Å². The summed E-state index contributed by atoms with van der Waals surface area (Å²) in [5, 5.41) is 0. The molecular formula is C29H44F2O3. The van der Waals surface area contributed by atoms with Gasteiger partial charge in [-0.25, -0.2) is 4.39 Å². The molecule has 2 aliphatic carbocycles. The maximum Gasteiger partial charge on any atom is 0.200 e. The highest BCUT2D eigenvalue weighted by atomic mass is 19.2. The molecule has 0 spiro atoms. The molecule has 1 aromatic carbocycles. The van der Waals surface area contributed by atoms with Crippen LogP contribution in [0.1, 0.15) is 102 Å². The van der Waals surface area contributed by atoms with Gasteiger partial charge < -0.3 is 14.2 Å². The van der Waals surface area contributed by atoms with Crippen LogP contribution < -0.4 is 4.74 Å². The molecule has 2 unspecified atom stereocenters. The Bertz CT molecular complexity index is 746. The molecular weight excluding hydrogens is 434 g/mol. The molecule has 3 nitrogen and oxygen atoms in total. The van der Waals surface area contributed by atoms with E-state index in [1.54, 1.807) is 19.1 Å². The Labute approximate surface area is 204 Å². The zero-order valence-electron chi connectivity index (χ0n) is 21.2. The van der Waals surface area contributed by atoms with Gasteiger partial charge in [0.25, 0.3) is 0 Å². The molecule has 2 saturated carbocycles. The number of halogens is 2. The predicted molar refractivity (Wildman–Crippen MR) is 131 cm³/mol. The number of hydrogen-bond donors (Lipinski definition) is 0. The largest absolute Gasteiger partial charge is 0.491 e. The van der Waals surface area contributed by atoms with E-state index in [4.69, 9.17) is 14.2 Å². The van der Waals surface area contributed by atoms with Crippen molar-refractivity contribution in [2.45, 2.75) is 109 Å². The van der Waals surface area contributed by atoms with E-state index in [9.17, 15) is 8.78 Å². The molecule has 5 heteroatoms. The topological polar surface area (TPSA) is 27.7 Å². The molecule has 3 aliphatic rings. The van der Waals surface area contributed by atoms with Crippen molar-refractivity contribution < 1.29 is 23.0 Å². The van der Waals surface area contributed by atoms with Crippen LogP contribution in [0, 0.1) is 29.4 Å². The number of rotatable bonds is 9. The lowest BCUT2D eigenvalue weighted by atomic mass is 9.74. The Morgan fingerprint density at radius 3 is 2.24 bits per heavy atom. The van der Waals surface area contributed by atoms with Crippen LogP contribution in [-0.4, -0.2) is 32.0 Å². The highest BCUT2D eigenvalue weighted by Crippen LogP contribution is 2.40. The highest BCUT2D eigenvalue weighted by molar-refractivity contribution is 5.33. The number of benzene rings is 1. The summed E-state index contributed by atoms with van der Waals surface area (Å²) >= 11 is 0. The van der Waals surface area contributed by atoms with Crippen molar-refractivity contribution in [1.29, 1.82) is 0 Å². The molecule has 0 N–H and O–H groups in total. The molecule has 1 aromatic rings. The Hall–Kier alpha value is -1.20. The van der Waals surface area contributed by atoms with Gasteiger partial charge in [0.1, 0.15) is 0 Å². The van der Waals surface area contributed by atoms with Crippen LogP contribution in [-0.2, 0) is 9.47 Å². The molecule has 2 atom stereocenters. The third-order valence-electron chi connectivity index (χ3n) is 8.63. The maximum atomic E-state index is 14.6. The second-order valence-electron chi connectivity index (χ2n) is 10.9. The fraction of sp³-hybridized carbons (Fsp3) is 0.793. The molecule has 192 valence electrons. The fourth-order valence-corrected chi connectivity index (χ4v) is 6.52. The van der Waals surface area contributed by atoms with E-state index in [1.807, 2.05) is 0 Å². The first-order valence-electron chi connectivity index (χ1n) is 13.9. The van der Waals surface area contributed by atoms with Crippen LogP contribution in [0.15, 0.2) is 12.1 Å². The molecule has 3 fully saturated rings. The first-order valence-corrected chi connectivity index (χ1v) is 13.9. The second kappa shape index (κ2) is 12.7. The molecule has 34 heavy (non-hydrogen) atoms. The number of ether oxygens (including phenoxy) is 3. The van der Waals surface area contributed by atoms with Gasteiger partial charge in [-0.2, -0.15) is 4.39 Å². The monoisotopic (exact) mass is 478 g/mol. The van der Waals surface area contributed by atoms with Gasteiger partial charge in [-0.1, -0.05) is 19.4 Å². The lowest BCUT2D eigenvalue weighted by Crippen LogP contribution is -2.33. The second-order valence-corrected chi connectivity index (χ2v) is 10.9. The summed E-state index contributed by atoms with van der Waals surface area (Å²) in [5.74, 6) is 0.744. The predicted octanol–water partition coefficient (Wildman–Crippen LogP) is 7.81. The zero-order valence-corrected chi connectivity index (χ0v) is 21.2. The summed E-state index contributed by atoms with van der Waals surface area (Å²) in [6.45, 7) is 6.17. The van der Waals surface area contributed by atoms with E-state index >= 15 is 0 Å². The minimum Gasteiger partial charge on any atom is -0.491 e. The summed E-state index contributed by atoms with van der Waals surface area (Å²) in [5.41, 5.74) is 0.491. The van der Waals surface area contributed by atoms with E-state index in [2.05, 4.69) is 6.92 Å². The molecule has 0 radical (unpaired) electrons. The van der Waals surface area contributed by atoms with Gasteiger partial charge in [0.05, 0.1) is 25.4 Å². The summed E-state index contributed by atoms with van der Waals surface area (Å²) in [7, 11) is 0. The SMILES string of the molecule is CCCC1CCC(C2CCC(COC3CCC(c4ccc(OCC)c(F)c4F)CC3)CC2)CO1. The summed E-state index contributed by atoms with van der Waals surface area (Å²) in [6.07, 6.45) is 14.5. The molecule has 0 amide bonds. The van der Waals surface area contributed by atoms with Crippen molar-refractivity contribution >= 4 is 0 Å². The summed E-state index contributed by atoms with van der Waals surface area (Å²) in [6, 6.07) is 3.27. The number of hydrogen-bond acceptors (Lipinski definition) is 3. The van der Waals surface area contributed by atoms with E-state index in [1.165, 1.54) is 51.4 Å². The summed E-state index contributed by atoms with van der Waals surface area (Å²) in [4.78, 5) is 0. The van der Waals surface area contributed by atoms with Gasteiger partial charge in [0.15, 0.2) is 11.6 Å². The molecule has 1 heterocycles. The third kappa shape index (κ3) is 6.51. The molecule has 1 aliphatic heterocycles. The van der Waals surface area contributed by atoms with Gasteiger partial charge in [0, 0.05) is 6.61 Å². The van der Waals surface area contributed by atoms with Crippen LogP contribution in [0.4, 0.5) is 8.78 Å². The zero-order chi connectivity index (χ0) is 23.9. The normalized spacial score (nSPS) is 32.5. The van der Waals surface area contributed by atoms with Crippen LogP contribution >= 0.6 is 0 Å². The Kier molecular flexibility index (Phi) is 9.64. The fourth-order valence-electron chi connectivity index (χ4n) is 6.52. The molecule has 0 bridgehead atoms. The van der Waals surface area contributed by atoms with Crippen molar-refractivity contribution in [3.8, 4) is 5.75 Å². The van der Waals surface area contributed by atoms with Gasteiger partial charge in [-0.05, 0) is 113 Å². The van der Waals surface area contributed by atoms with Crippen LogP contribution in [0.3, 0.4) is 0 Å². The Balaban J connectivity index is 1.15. The molecule has 4 rings (SSSR count). The maximum absolute atomic E-state index is 14.6. The average Bonchev–Trinajstić information content (AvgIpc) is 2.87. The van der Waals surface area contributed by atoms with Crippen molar-refractivity contribution in [3.05, 3.63) is 29.3 Å². The summed E-state index contributed by atoms with van der Waals surface area (Å²) < 4.78 is 46.5. The lowest BCUT2D eigenvalue weighted by molar-refractivity contribution is -0.0475. The van der Waals surface area contributed by atoms with Crippen LogP contribution in [0.5, 0.6) is 5.75 Å². The first kappa shape index (κ1) is 25.9. The Morgan fingerprint density at radius 1 is 0.853 bits per heavy atom. The standard InChI is InChI=1S/C29H44F2O3/c1-3-5-24-15-12-23(19-34-24)21-8-6-20(7-9-21)18-33-25-13-10-22(11-14-25)26-16-17-27(32-4-2)29(31)28(26)30/h16-17,20-25H,3-15,18-19H2,1-2H3. The van der Waals surface area contributed by atoms with Gasteiger partial charge in [-0.15, -0.1) is 0 Å². The average molecular weight is 479 g/mol. The minimum absolute atomic E-state index is 0.00666. The van der Waals surface area contributed by atoms with Crippen molar-refractivity contribution in [2.24, 2.45) is 17.8 Å². The highest BCUT2D eigenvalue weighted by Gasteiger charge is 2.32. The van der Waals surface area contributed by atoms with E-state index in [0.29, 0.717) is 24.2 Å². The van der Waals surface area contributed by atoms with Crippen molar-refractivity contribution in [1.82, 2.24) is 0 Å². The van der Waals surface area contributed by atoms with Crippen LogP contribution in [0.25, 0.3) is 0 Å². The van der Waals surface area contributed by atoms with E-state index < -0.39 is 11.6 Å². The quantitative estimate of drug-likeness (QED) is 0.362. The van der Waals surface area contributed by atoms with Gasteiger partial charge >= 0.3 is 0 Å². The third-order valence-corrected chi connectivity index (χ3v) is 8.63. The van der Waals surface area contributed by atoms with Gasteiger partial charge in [-0.3, -0.25) is 0 Å². The minimum atomic E-state index is -0.853. The van der Waals surface area contributed by atoms with Gasteiger partial charge in [0.2, 0.25) is 5.82 Å². The smallest absolute Gasteiger partial charge is 0.200 e. The molecule has 0 aromatic heterocycles. The van der Waals surface area contributed by atoms with E-state index in [-0.39, 0.29) is 17.8 Å². The Morgan fingerprint density at radius 2 is 1.59 bits per heavy atom. The molecule has 1 saturated heterocycles. The first-order chi connectivity index (χ1) is 16.6. The van der Waals surface area contributed by atoms with Crippen LogP contribution in [0.2, 0.25) is 0 Å². The lowest BCUT2D eigenvalue weighted by Gasteiger charge is -2.38. The van der Waals surface area contributed by atoms with E-state index in [0.717, 1.165) is 50.7 Å².